The number of rotatable bonds is 3. The van der Waals surface area contributed by atoms with E-state index in [4.69, 9.17) is 0 Å². The fourth-order valence-electron chi connectivity index (χ4n) is 2.06. The molecule has 2 amide bonds. The summed E-state index contributed by atoms with van der Waals surface area (Å²) in [5, 5.41) is 2.82. The number of likely N-dealkylation sites (N-methyl/N-ethyl adjacent to an activating group) is 1. The van der Waals surface area contributed by atoms with Crippen LogP contribution in [0.3, 0.4) is 0 Å². The van der Waals surface area contributed by atoms with E-state index >= 15 is 0 Å². The monoisotopic (exact) mass is 212 g/mol. The van der Waals surface area contributed by atoms with Crippen molar-refractivity contribution in [2.24, 2.45) is 0 Å². The van der Waals surface area contributed by atoms with Gasteiger partial charge in [0.05, 0.1) is 0 Å². The van der Waals surface area contributed by atoms with Crippen molar-refractivity contribution < 1.29 is 4.79 Å². The molecule has 1 N–H and O–H groups in total. The van der Waals surface area contributed by atoms with Gasteiger partial charge in [0, 0.05) is 52.4 Å². The lowest BCUT2D eigenvalue weighted by molar-refractivity contribution is 0.142. The van der Waals surface area contributed by atoms with E-state index in [0.29, 0.717) is 0 Å². The van der Waals surface area contributed by atoms with Gasteiger partial charge >= 0.3 is 6.03 Å². The lowest BCUT2D eigenvalue weighted by Crippen LogP contribution is -2.47. The number of amides is 2. The lowest BCUT2D eigenvalue weighted by Gasteiger charge is -2.33. The van der Waals surface area contributed by atoms with Crippen LogP contribution in [0.25, 0.3) is 0 Å². The summed E-state index contributed by atoms with van der Waals surface area (Å²) in [6.45, 7) is 8.11. The average molecular weight is 212 g/mol. The van der Waals surface area contributed by atoms with Gasteiger partial charge in [-0.15, -0.1) is 0 Å². The van der Waals surface area contributed by atoms with Gasteiger partial charge in [-0.05, 0) is 7.05 Å². The minimum atomic E-state index is 0.101. The zero-order valence-electron chi connectivity index (χ0n) is 9.41. The highest BCUT2D eigenvalue weighted by Crippen LogP contribution is 2.01. The first-order chi connectivity index (χ1) is 7.25. The summed E-state index contributed by atoms with van der Waals surface area (Å²) in [7, 11) is 2.16. The standard InChI is InChI=1S/C10H20N4O/c1-12-4-6-13(7-5-12)8-9-14-3-2-11-10(14)15/h2-9H2,1H3,(H,11,15). The number of carbonyl (C=O) groups is 1. The Hall–Kier alpha value is -0.810. The van der Waals surface area contributed by atoms with Gasteiger partial charge in [-0.2, -0.15) is 0 Å². The Morgan fingerprint density at radius 1 is 1.13 bits per heavy atom. The fraction of sp³-hybridized carbons (Fsp3) is 0.900. The van der Waals surface area contributed by atoms with Gasteiger partial charge < -0.3 is 15.1 Å². The number of carbonyl (C=O) groups excluding carboxylic acids is 1. The maximum atomic E-state index is 11.3. The van der Waals surface area contributed by atoms with Gasteiger partial charge in [-0.25, -0.2) is 4.79 Å². The van der Waals surface area contributed by atoms with E-state index in [-0.39, 0.29) is 6.03 Å². The molecule has 0 radical (unpaired) electrons. The van der Waals surface area contributed by atoms with Gasteiger partial charge in [0.25, 0.3) is 0 Å². The summed E-state index contributed by atoms with van der Waals surface area (Å²) in [6, 6.07) is 0.101. The molecule has 0 unspecified atom stereocenters. The Balaban J connectivity index is 1.67. The highest BCUT2D eigenvalue weighted by atomic mass is 16.2. The van der Waals surface area contributed by atoms with E-state index in [2.05, 4.69) is 22.2 Å². The topological polar surface area (TPSA) is 38.8 Å². The Kier molecular flexibility index (Phi) is 3.43. The van der Waals surface area contributed by atoms with Crippen molar-refractivity contribution in [1.29, 1.82) is 0 Å². The third-order valence-corrected chi connectivity index (χ3v) is 3.23. The quantitative estimate of drug-likeness (QED) is 0.669. The van der Waals surface area contributed by atoms with E-state index in [9.17, 15) is 4.79 Å². The van der Waals surface area contributed by atoms with Gasteiger partial charge in [0.15, 0.2) is 0 Å². The first kappa shape index (κ1) is 10.7. The second-order valence-electron chi connectivity index (χ2n) is 4.36. The molecular weight excluding hydrogens is 192 g/mol. The molecule has 2 aliphatic heterocycles. The molecule has 5 heteroatoms. The lowest BCUT2D eigenvalue weighted by atomic mass is 10.3. The largest absolute Gasteiger partial charge is 0.336 e. The highest BCUT2D eigenvalue weighted by Gasteiger charge is 2.20. The average Bonchev–Trinajstić information content (AvgIpc) is 2.63. The maximum Gasteiger partial charge on any atom is 0.317 e. The van der Waals surface area contributed by atoms with Crippen molar-refractivity contribution in [3.05, 3.63) is 0 Å². The van der Waals surface area contributed by atoms with Crippen LogP contribution in [0.15, 0.2) is 0 Å². The molecule has 5 nitrogen and oxygen atoms in total. The zero-order valence-corrected chi connectivity index (χ0v) is 9.41. The van der Waals surface area contributed by atoms with Crippen LogP contribution in [0.5, 0.6) is 0 Å². The molecule has 0 aromatic rings. The van der Waals surface area contributed by atoms with Gasteiger partial charge in [-0.1, -0.05) is 0 Å². The van der Waals surface area contributed by atoms with Gasteiger partial charge in [-0.3, -0.25) is 4.90 Å². The SMILES string of the molecule is CN1CCN(CCN2CCNC2=O)CC1. The third-order valence-electron chi connectivity index (χ3n) is 3.23. The number of urea groups is 1. The van der Waals surface area contributed by atoms with Crippen molar-refractivity contribution in [3.8, 4) is 0 Å². The first-order valence-electron chi connectivity index (χ1n) is 5.69. The highest BCUT2D eigenvalue weighted by molar-refractivity contribution is 5.76. The van der Waals surface area contributed by atoms with E-state index < -0.39 is 0 Å². The van der Waals surface area contributed by atoms with Crippen molar-refractivity contribution in [1.82, 2.24) is 20.0 Å². The minimum absolute atomic E-state index is 0.101. The molecule has 2 fully saturated rings. The second kappa shape index (κ2) is 4.81. The summed E-state index contributed by atoms with van der Waals surface area (Å²) < 4.78 is 0. The second-order valence-corrected chi connectivity index (χ2v) is 4.36. The Morgan fingerprint density at radius 3 is 2.47 bits per heavy atom. The molecule has 2 heterocycles. The molecule has 0 bridgehead atoms. The van der Waals surface area contributed by atoms with Gasteiger partial charge in [0.2, 0.25) is 0 Å². The predicted octanol–water partition coefficient (Wildman–Crippen LogP) is -0.741. The number of nitrogens with one attached hydrogen (secondary N) is 1. The van der Waals surface area contributed by atoms with E-state index in [0.717, 1.165) is 52.4 Å². The van der Waals surface area contributed by atoms with Crippen molar-refractivity contribution in [2.75, 3.05) is 59.4 Å². The smallest absolute Gasteiger partial charge is 0.317 e. The number of nitrogens with zero attached hydrogens (tertiary/aromatic N) is 3. The molecule has 2 aliphatic rings. The molecule has 0 aromatic carbocycles. The summed E-state index contributed by atoms with van der Waals surface area (Å²) in [6.07, 6.45) is 0. The maximum absolute atomic E-state index is 11.3. The van der Waals surface area contributed by atoms with Crippen LogP contribution in [-0.4, -0.2) is 80.1 Å². The van der Waals surface area contributed by atoms with E-state index in [1.54, 1.807) is 0 Å². The van der Waals surface area contributed by atoms with E-state index in [1.165, 1.54) is 0 Å². The Bertz CT molecular complexity index is 225. The van der Waals surface area contributed by atoms with Crippen LogP contribution in [0.4, 0.5) is 4.79 Å². The van der Waals surface area contributed by atoms with E-state index in [1.807, 2.05) is 4.90 Å². The van der Waals surface area contributed by atoms with Crippen LogP contribution >= 0.6 is 0 Å². The number of hydrogen-bond acceptors (Lipinski definition) is 3. The summed E-state index contributed by atoms with van der Waals surface area (Å²) in [4.78, 5) is 18.0. The molecule has 0 atom stereocenters. The van der Waals surface area contributed by atoms with Gasteiger partial charge in [0.1, 0.15) is 0 Å². The van der Waals surface area contributed by atoms with Crippen LogP contribution < -0.4 is 5.32 Å². The van der Waals surface area contributed by atoms with Crippen molar-refractivity contribution in [3.63, 3.8) is 0 Å². The minimum Gasteiger partial charge on any atom is -0.336 e. The Morgan fingerprint density at radius 2 is 1.87 bits per heavy atom. The normalized spacial score (nSPS) is 24.6. The fourth-order valence-corrected chi connectivity index (χ4v) is 2.06. The van der Waals surface area contributed by atoms with Crippen LogP contribution in [-0.2, 0) is 0 Å². The number of hydrogen-bond donors (Lipinski definition) is 1. The predicted molar refractivity (Wildman–Crippen MR) is 58.9 cm³/mol. The molecule has 86 valence electrons. The molecule has 0 spiro atoms. The van der Waals surface area contributed by atoms with Crippen LogP contribution in [0.1, 0.15) is 0 Å². The van der Waals surface area contributed by atoms with Crippen LogP contribution in [0, 0.1) is 0 Å². The summed E-state index contributed by atoms with van der Waals surface area (Å²) in [5.74, 6) is 0. The zero-order chi connectivity index (χ0) is 10.7. The molecule has 0 saturated carbocycles. The molecule has 0 aliphatic carbocycles. The third kappa shape index (κ3) is 2.82. The molecule has 0 aromatic heterocycles. The molecule has 2 rings (SSSR count). The Labute approximate surface area is 91.0 Å². The first-order valence-corrected chi connectivity index (χ1v) is 5.69. The summed E-state index contributed by atoms with van der Waals surface area (Å²) >= 11 is 0. The molecular formula is C10H20N4O. The van der Waals surface area contributed by atoms with Crippen molar-refractivity contribution >= 4 is 6.03 Å². The van der Waals surface area contributed by atoms with Crippen LogP contribution in [0.2, 0.25) is 0 Å². The molecule has 2 saturated heterocycles. The van der Waals surface area contributed by atoms with Crippen molar-refractivity contribution in [2.45, 2.75) is 0 Å². The molecule has 15 heavy (non-hydrogen) atoms. The number of piperazine rings is 1. The summed E-state index contributed by atoms with van der Waals surface area (Å²) in [5.41, 5.74) is 0.